The third-order valence-electron chi connectivity index (χ3n) is 3.51. The van der Waals surface area contributed by atoms with E-state index in [4.69, 9.17) is 16.0 Å². The van der Waals surface area contributed by atoms with Crippen molar-refractivity contribution in [2.24, 2.45) is 5.73 Å². The van der Waals surface area contributed by atoms with E-state index in [1.807, 2.05) is 14.1 Å². The van der Waals surface area contributed by atoms with Gasteiger partial charge in [0.05, 0.1) is 10.5 Å². The fourth-order valence-corrected chi connectivity index (χ4v) is 3.25. The summed E-state index contributed by atoms with van der Waals surface area (Å²) in [6.45, 7) is 1.79. The zero-order valence-electron chi connectivity index (χ0n) is 17.5. The van der Waals surface area contributed by atoms with E-state index >= 15 is 0 Å². The Kier molecular flexibility index (Phi) is 9.62. The minimum Gasteiger partial charge on any atom is -0.369 e. The number of benzene rings is 2. The lowest BCUT2D eigenvalue weighted by molar-refractivity contribution is -0.137. The van der Waals surface area contributed by atoms with Crippen molar-refractivity contribution in [1.29, 1.82) is 5.41 Å². The number of carbonyl (C=O) groups is 1. The van der Waals surface area contributed by atoms with Crippen LogP contribution in [0.25, 0.3) is 0 Å². The number of carbonyl (C=O) groups excluding carboxylic acids is 1. The summed E-state index contributed by atoms with van der Waals surface area (Å²) in [5, 5.41) is 10.5. The predicted molar refractivity (Wildman–Crippen MR) is 112 cm³/mol. The van der Waals surface area contributed by atoms with Crippen molar-refractivity contribution in [1.82, 2.24) is 15.1 Å². The quantitative estimate of drug-likeness (QED) is 0.287. The van der Waals surface area contributed by atoms with Crippen molar-refractivity contribution in [2.45, 2.75) is 18.0 Å². The first-order valence-electron chi connectivity index (χ1n) is 9.09. The molecule has 13 heteroatoms. The van der Waals surface area contributed by atoms with E-state index in [0.717, 1.165) is 18.2 Å². The van der Waals surface area contributed by atoms with Gasteiger partial charge >= 0.3 is 6.18 Å². The lowest BCUT2D eigenvalue weighted by Crippen LogP contribution is -2.43. The minimum atomic E-state index is -4.66. The molecule has 2 aromatic carbocycles. The van der Waals surface area contributed by atoms with E-state index in [-0.39, 0.29) is 17.2 Å². The molecule has 0 unspecified atom stereocenters. The maximum Gasteiger partial charge on any atom is 0.416 e. The van der Waals surface area contributed by atoms with E-state index in [1.165, 1.54) is 24.3 Å². The van der Waals surface area contributed by atoms with Gasteiger partial charge in [0.25, 0.3) is 5.91 Å². The molecule has 0 aliphatic rings. The molecule has 0 fully saturated rings. The van der Waals surface area contributed by atoms with Crippen LogP contribution >= 0.6 is 0 Å². The van der Waals surface area contributed by atoms with Crippen LogP contribution in [0.2, 0.25) is 0 Å². The molecule has 0 aliphatic carbocycles. The molecule has 5 N–H and O–H groups in total. The number of alkyl halides is 3. The molecule has 2 aromatic rings. The Morgan fingerprint density at radius 1 is 1.16 bits per heavy atom. The Morgan fingerprint density at radius 3 is 2.19 bits per heavy atom. The van der Waals surface area contributed by atoms with Gasteiger partial charge in [0, 0.05) is 12.1 Å². The first kappa shape index (κ1) is 26.9. The van der Waals surface area contributed by atoms with Crippen LogP contribution in [-0.4, -0.2) is 46.0 Å². The zero-order chi connectivity index (χ0) is 24.5. The average Bonchev–Trinajstić information content (AvgIpc) is 2.72. The molecule has 9 nitrogen and oxygen atoms in total. The van der Waals surface area contributed by atoms with Crippen LogP contribution in [-0.2, 0) is 16.2 Å². The molecule has 0 bridgehead atoms. The van der Waals surface area contributed by atoms with Crippen LogP contribution in [0, 0.1) is 5.41 Å². The average molecular weight is 475 g/mol. The van der Waals surface area contributed by atoms with Crippen molar-refractivity contribution >= 4 is 21.9 Å². The highest BCUT2D eigenvalue weighted by Gasteiger charge is 2.32. The highest BCUT2D eigenvalue weighted by atomic mass is 32.2. The van der Waals surface area contributed by atoms with Gasteiger partial charge in [0.15, 0.2) is 5.75 Å². The van der Waals surface area contributed by atoms with Gasteiger partial charge in [-0.15, -0.1) is 5.06 Å². The monoisotopic (exact) mass is 475 g/mol. The Hall–Kier alpha value is -3.16. The molecule has 0 aliphatic heterocycles. The predicted octanol–water partition coefficient (Wildman–Crippen LogP) is 2.17. The maximum atomic E-state index is 12.8. The number of amides is 1. The minimum absolute atomic E-state index is 0.0593. The molecule has 0 radical (unpaired) electrons. The molecule has 0 heterocycles. The van der Waals surface area contributed by atoms with Gasteiger partial charge in [0.1, 0.15) is 0 Å². The van der Waals surface area contributed by atoms with Gasteiger partial charge in [-0.1, -0.05) is 13.0 Å². The molecule has 0 aromatic heterocycles. The first-order valence-corrected chi connectivity index (χ1v) is 10.6. The van der Waals surface area contributed by atoms with E-state index in [0.29, 0.717) is 11.1 Å². The summed E-state index contributed by atoms with van der Waals surface area (Å²) >= 11 is 0. The Bertz CT molecular complexity index is 1030. The van der Waals surface area contributed by atoms with Gasteiger partial charge in [-0.25, -0.2) is 13.1 Å². The Morgan fingerprint density at radius 2 is 1.72 bits per heavy atom. The Balaban J connectivity index is 0.00000161. The SMILES string of the molecule is CCNS(=O)(=O)c1ccc(ON(C(=N)N)C(=O)c2cccc(C(F)(F)F)c2)cc1.CNC. The largest absolute Gasteiger partial charge is 0.416 e. The number of nitrogens with zero attached hydrogens (tertiary/aromatic N) is 1. The Labute approximate surface area is 183 Å². The van der Waals surface area contributed by atoms with Gasteiger partial charge in [-0.05, 0) is 56.6 Å². The standard InChI is InChI=1S/C17H17F3N4O4S.C2H7N/c1-2-23-29(26,27)14-8-6-13(7-9-14)28-24(16(21)22)15(25)11-4-3-5-12(10-11)17(18,19)20;1-3-2/h3-10,23H,2H2,1H3,(H3,21,22);3H,1-2H3. The fraction of sp³-hybridized carbons (Fsp3) is 0.263. The number of hydrogen-bond acceptors (Lipinski definition) is 6. The molecule has 2 rings (SSSR count). The molecule has 0 saturated heterocycles. The molecule has 176 valence electrons. The van der Waals surface area contributed by atoms with Crippen LogP contribution in [0.3, 0.4) is 0 Å². The summed E-state index contributed by atoms with van der Waals surface area (Å²) in [7, 11) is 0.0404. The van der Waals surface area contributed by atoms with Crippen LogP contribution in [0.5, 0.6) is 5.75 Å². The highest BCUT2D eigenvalue weighted by molar-refractivity contribution is 7.89. The summed E-state index contributed by atoms with van der Waals surface area (Å²) in [6, 6.07) is 8.35. The number of nitrogens with one attached hydrogen (secondary N) is 3. The van der Waals surface area contributed by atoms with Crippen LogP contribution < -0.4 is 20.6 Å². The van der Waals surface area contributed by atoms with Gasteiger partial charge < -0.3 is 15.9 Å². The molecular weight excluding hydrogens is 451 g/mol. The number of sulfonamides is 1. The summed E-state index contributed by atoms with van der Waals surface area (Å²) in [5.41, 5.74) is 3.87. The molecule has 0 atom stereocenters. The summed E-state index contributed by atoms with van der Waals surface area (Å²) in [6.07, 6.45) is -4.66. The zero-order valence-corrected chi connectivity index (χ0v) is 18.3. The molecule has 1 amide bonds. The lowest BCUT2D eigenvalue weighted by atomic mass is 10.1. The van der Waals surface area contributed by atoms with Gasteiger partial charge in [-0.3, -0.25) is 10.2 Å². The number of hydroxylamine groups is 2. The third kappa shape index (κ3) is 7.51. The lowest BCUT2D eigenvalue weighted by Gasteiger charge is -2.21. The van der Waals surface area contributed by atoms with Crippen LogP contribution in [0.15, 0.2) is 53.4 Å². The van der Waals surface area contributed by atoms with E-state index < -0.39 is 39.2 Å². The normalized spacial score (nSPS) is 11.2. The van der Waals surface area contributed by atoms with Crippen molar-refractivity contribution in [3.63, 3.8) is 0 Å². The second-order valence-electron chi connectivity index (χ2n) is 6.13. The van der Waals surface area contributed by atoms with Crippen LogP contribution in [0.4, 0.5) is 13.2 Å². The van der Waals surface area contributed by atoms with Crippen molar-refractivity contribution in [3.05, 3.63) is 59.7 Å². The van der Waals surface area contributed by atoms with Gasteiger partial charge in [-0.2, -0.15) is 13.2 Å². The molecule has 0 spiro atoms. The molecule has 32 heavy (non-hydrogen) atoms. The summed E-state index contributed by atoms with van der Waals surface area (Å²) in [4.78, 5) is 17.6. The number of guanidine groups is 1. The van der Waals surface area contributed by atoms with Crippen LogP contribution in [0.1, 0.15) is 22.8 Å². The van der Waals surface area contributed by atoms with Crippen molar-refractivity contribution in [3.8, 4) is 5.75 Å². The molecule has 0 saturated carbocycles. The fourth-order valence-electron chi connectivity index (χ4n) is 2.20. The summed E-state index contributed by atoms with van der Waals surface area (Å²) < 4.78 is 64.7. The highest BCUT2D eigenvalue weighted by Crippen LogP contribution is 2.30. The number of hydrogen-bond donors (Lipinski definition) is 4. The number of rotatable bonds is 6. The van der Waals surface area contributed by atoms with E-state index in [1.54, 1.807) is 6.92 Å². The van der Waals surface area contributed by atoms with Crippen molar-refractivity contribution < 1.29 is 31.2 Å². The smallest absolute Gasteiger partial charge is 0.369 e. The van der Waals surface area contributed by atoms with Gasteiger partial charge in [0.2, 0.25) is 16.0 Å². The third-order valence-corrected chi connectivity index (χ3v) is 5.07. The topological polar surface area (TPSA) is 138 Å². The number of nitrogens with two attached hydrogens (primary N) is 1. The second kappa shape index (κ2) is 11.5. The number of halogens is 3. The maximum absolute atomic E-state index is 12.8. The second-order valence-corrected chi connectivity index (χ2v) is 7.89. The van der Waals surface area contributed by atoms with E-state index in [2.05, 4.69) is 10.0 Å². The molecular formula is C19H24F3N5O4S. The van der Waals surface area contributed by atoms with E-state index in [9.17, 15) is 26.4 Å². The summed E-state index contributed by atoms with van der Waals surface area (Å²) in [5.74, 6) is -2.04. The van der Waals surface area contributed by atoms with Crippen molar-refractivity contribution in [2.75, 3.05) is 20.6 Å². The first-order chi connectivity index (χ1) is 14.9.